The van der Waals surface area contributed by atoms with Gasteiger partial charge in [-0.05, 0) is 93.3 Å². The lowest BCUT2D eigenvalue weighted by Gasteiger charge is -2.32. The van der Waals surface area contributed by atoms with Crippen molar-refractivity contribution in [1.29, 1.82) is 0 Å². The van der Waals surface area contributed by atoms with Crippen LogP contribution in [0.2, 0.25) is 5.02 Å². The van der Waals surface area contributed by atoms with E-state index in [1.165, 1.54) is 29.2 Å². The molecule has 3 aromatic carbocycles. The molecule has 9 heteroatoms. The molecule has 0 fully saturated rings. The maximum Gasteiger partial charge on any atom is 0.264 e. The molecule has 0 heterocycles. The SMILES string of the molecule is CCNC(=O)C(C)N(Cc1ccccc1C)C(=O)CN(c1ccc(C)c(C)c1)S(=O)(=O)c1ccc(Cl)cc1. The van der Waals surface area contributed by atoms with E-state index in [4.69, 9.17) is 11.6 Å². The van der Waals surface area contributed by atoms with Crippen molar-refractivity contribution in [2.45, 2.75) is 52.1 Å². The van der Waals surface area contributed by atoms with Gasteiger partial charge in [0.25, 0.3) is 10.0 Å². The van der Waals surface area contributed by atoms with Crippen molar-refractivity contribution in [2.75, 3.05) is 17.4 Å². The molecule has 0 saturated heterocycles. The van der Waals surface area contributed by atoms with Crippen molar-refractivity contribution in [3.63, 3.8) is 0 Å². The minimum Gasteiger partial charge on any atom is -0.355 e. The molecular weight excluding hydrogens is 522 g/mol. The van der Waals surface area contributed by atoms with Crippen LogP contribution in [0.4, 0.5) is 5.69 Å². The third-order valence-corrected chi connectivity index (χ3v) is 8.62. The fourth-order valence-electron chi connectivity index (χ4n) is 4.02. The van der Waals surface area contributed by atoms with Gasteiger partial charge < -0.3 is 10.2 Å². The number of hydrogen-bond acceptors (Lipinski definition) is 4. The first-order valence-electron chi connectivity index (χ1n) is 12.4. The molecule has 202 valence electrons. The van der Waals surface area contributed by atoms with E-state index in [2.05, 4.69) is 5.32 Å². The topological polar surface area (TPSA) is 86.8 Å². The molecular formula is C29H34ClN3O4S. The highest BCUT2D eigenvalue weighted by molar-refractivity contribution is 7.92. The van der Waals surface area contributed by atoms with Gasteiger partial charge in [-0.15, -0.1) is 0 Å². The Morgan fingerprint density at radius 3 is 2.18 bits per heavy atom. The predicted molar refractivity (Wildman–Crippen MR) is 152 cm³/mol. The normalized spacial score (nSPS) is 12.1. The van der Waals surface area contributed by atoms with E-state index in [1.54, 1.807) is 26.0 Å². The number of rotatable bonds is 10. The fourth-order valence-corrected chi connectivity index (χ4v) is 5.55. The Bertz CT molecular complexity index is 1410. The third kappa shape index (κ3) is 6.74. The molecule has 0 radical (unpaired) electrons. The molecule has 3 rings (SSSR count). The smallest absolute Gasteiger partial charge is 0.264 e. The minimum atomic E-state index is -4.14. The number of sulfonamides is 1. The minimum absolute atomic E-state index is 0.00940. The van der Waals surface area contributed by atoms with Crippen molar-refractivity contribution >= 4 is 39.1 Å². The lowest BCUT2D eigenvalue weighted by molar-refractivity contribution is -0.139. The predicted octanol–water partition coefficient (Wildman–Crippen LogP) is 5.01. The molecule has 1 atom stereocenters. The zero-order valence-corrected chi connectivity index (χ0v) is 23.9. The van der Waals surface area contributed by atoms with E-state index < -0.39 is 28.5 Å². The molecule has 2 amide bonds. The Labute approximate surface area is 230 Å². The maximum atomic E-state index is 13.9. The van der Waals surface area contributed by atoms with Gasteiger partial charge in [0.15, 0.2) is 0 Å². The second-order valence-corrected chi connectivity index (χ2v) is 11.6. The van der Waals surface area contributed by atoms with Gasteiger partial charge in [0.1, 0.15) is 12.6 Å². The van der Waals surface area contributed by atoms with Crippen LogP contribution in [0.15, 0.2) is 71.6 Å². The highest BCUT2D eigenvalue weighted by Gasteiger charge is 2.32. The van der Waals surface area contributed by atoms with Gasteiger partial charge >= 0.3 is 0 Å². The van der Waals surface area contributed by atoms with E-state index >= 15 is 0 Å². The van der Waals surface area contributed by atoms with Crippen molar-refractivity contribution in [3.05, 3.63) is 94.0 Å². The van der Waals surface area contributed by atoms with E-state index in [0.717, 1.165) is 26.6 Å². The largest absolute Gasteiger partial charge is 0.355 e. The maximum absolute atomic E-state index is 13.9. The van der Waals surface area contributed by atoms with Crippen LogP contribution in [0.25, 0.3) is 0 Å². The van der Waals surface area contributed by atoms with Crippen molar-refractivity contribution in [3.8, 4) is 0 Å². The van der Waals surface area contributed by atoms with Gasteiger partial charge in [0, 0.05) is 18.1 Å². The first kappa shape index (κ1) is 29.2. The Kier molecular flexibility index (Phi) is 9.57. The first-order chi connectivity index (χ1) is 17.9. The molecule has 3 aromatic rings. The third-order valence-electron chi connectivity index (χ3n) is 6.58. The molecule has 0 aliphatic carbocycles. The van der Waals surface area contributed by atoms with E-state index in [-0.39, 0.29) is 17.3 Å². The molecule has 1 unspecified atom stereocenters. The summed E-state index contributed by atoms with van der Waals surface area (Å²) in [6, 6.07) is 17.9. The Hall–Kier alpha value is -3.36. The summed E-state index contributed by atoms with van der Waals surface area (Å²) in [6.45, 7) is 9.29. The van der Waals surface area contributed by atoms with Crippen LogP contribution in [0.1, 0.15) is 36.1 Å². The highest BCUT2D eigenvalue weighted by atomic mass is 35.5. The number of carbonyl (C=O) groups is 2. The van der Waals surface area contributed by atoms with Crippen LogP contribution in [0, 0.1) is 20.8 Å². The number of benzene rings is 3. The summed E-state index contributed by atoms with van der Waals surface area (Å²) in [5.41, 5.74) is 4.08. The molecule has 0 spiro atoms. The summed E-state index contributed by atoms with van der Waals surface area (Å²) in [6.07, 6.45) is 0. The van der Waals surface area contributed by atoms with Crippen LogP contribution in [-0.2, 0) is 26.2 Å². The molecule has 0 aliphatic heterocycles. The molecule has 38 heavy (non-hydrogen) atoms. The van der Waals surface area contributed by atoms with Crippen molar-refractivity contribution in [1.82, 2.24) is 10.2 Å². The number of anilines is 1. The summed E-state index contributed by atoms with van der Waals surface area (Å²) in [5, 5.41) is 3.16. The zero-order valence-electron chi connectivity index (χ0n) is 22.4. The first-order valence-corrected chi connectivity index (χ1v) is 14.2. The zero-order chi connectivity index (χ0) is 28.0. The Balaban J connectivity index is 2.07. The molecule has 0 saturated carbocycles. The van der Waals surface area contributed by atoms with E-state index in [0.29, 0.717) is 17.3 Å². The van der Waals surface area contributed by atoms with Gasteiger partial charge in [0.05, 0.1) is 10.6 Å². The number of halogens is 1. The standard InChI is InChI=1S/C29H34ClN3O4S/c1-6-31-29(35)23(5)32(18-24-10-8-7-9-21(24)3)28(34)19-33(26-14-11-20(2)22(4)17-26)38(36,37)27-15-12-25(30)13-16-27/h7-17,23H,6,18-19H2,1-5H3,(H,31,35). The Morgan fingerprint density at radius 1 is 0.921 bits per heavy atom. The van der Waals surface area contributed by atoms with Crippen LogP contribution in [0.3, 0.4) is 0 Å². The number of amides is 2. The summed E-state index contributed by atoms with van der Waals surface area (Å²) >= 11 is 6.00. The van der Waals surface area contributed by atoms with Crippen LogP contribution in [-0.4, -0.2) is 44.3 Å². The van der Waals surface area contributed by atoms with Gasteiger partial charge in [-0.2, -0.15) is 0 Å². The quantitative estimate of drug-likeness (QED) is 0.381. The van der Waals surface area contributed by atoms with Gasteiger partial charge in [-0.1, -0.05) is 41.9 Å². The summed E-state index contributed by atoms with van der Waals surface area (Å²) in [7, 11) is -4.14. The molecule has 0 aliphatic rings. The number of carbonyl (C=O) groups excluding carboxylic acids is 2. The Morgan fingerprint density at radius 2 is 1.58 bits per heavy atom. The number of aryl methyl sites for hydroxylation is 3. The second kappa shape index (κ2) is 12.5. The van der Waals surface area contributed by atoms with E-state index in [1.807, 2.05) is 51.1 Å². The van der Waals surface area contributed by atoms with Gasteiger partial charge in [-0.3, -0.25) is 13.9 Å². The highest BCUT2D eigenvalue weighted by Crippen LogP contribution is 2.27. The fraction of sp³-hybridized carbons (Fsp3) is 0.310. The molecule has 7 nitrogen and oxygen atoms in total. The van der Waals surface area contributed by atoms with Crippen molar-refractivity contribution < 1.29 is 18.0 Å². The molecule has 0 aromatic heterocycles. The average Bonchev–Trinajstić information content (AvgIpc) is 2.88. The number of hydrogen-bond donors (Lipinski definition) is 1. The lowest BCUT2D eigenvalue weighted by atomic mass is 10.1. The lowest BCUT2D eigenvalue weighted by Crippen LogP contribution is -2.51. The van der Waals surface area contributed by atoms with E-state index in [9.17, 15) is 18.0 Å². The average molecular weight is 556 g/mol. The number of nitrogens with zero attached hydrogens (tertiary/aromatic N) is 2. The van der Waals surface area contributed by atoms with Crippen LogP contribution < -0.4 is 9.62 Å². The van der Waals surface area contributed by atoms with Crippen LogP contribution in [0.5, 0.6) is 0 Å². The number of nitrogens with one attached hydrogen (secondary N) is 1. The van der Waals surface area contributed by atoms with Crippen molar-refractivity contribution in [2.24, 2.45) is 0 Å². The summed E-state index contributed by atoms with van der Waals surface area (Å²) < 4.78 is 28.8. The van der Waals surface area contributed by atoms with Gasteiger partial charge in [-0.25, -0.2) is 8.42 Å². The molecule has 0 bridgehead atoms. The monoisotopic (exact) mass is 555 g/mol. The molecule has 1 N–H and O–H groups in total. The summed E-state index contributed by atoms with van der Waals surface area (Å²) in [5.74, 6) is -0.810. The summed E-state index contributed by atoms with van der Waals surface area (Å²) in [4.78, 5) is 28.1. The number of likely N-dealkylation sites (N-methyl/N-ethyl adjacent to an activating group) is 1. The van der Waals surface area contributed by atoms with Gasteiger partial charge in [0.2, 0.25) is 11.8 Å². The van der Waals surface area contributed by atoms with Crippen LogP contribution >= 0.6 is 11.6 Å². The second-order valence-electron chi connectivity index (χ2n) is 9.25.